The highest BCUT2D eigenvalue weighted by Gasteiger charge is 2.23. The van der Waals surface area contributed by atoms with E-state index in [1.54, 1.807) is 0 Å². The predicted octanol–water partition coefficient (Wildman–Crippen LogP) is 5.15. The Morgan fingerprint density at radius 3 is 2.17 bits per heavy atom. The van der Waals surface area contributed by atoms with Gasteiger partial charge in [-0.05, 0) is 48.2 Å². The van der Waals surface area contributed by atoms with Gasteiger partial charge in [-0.1, -0.05) is 60.7 Å². The van der Waals surface area contributed by atoms with Crippen LogP contribution in [0.15, 0.2) is 78.9 Å². The number of amides is 2. The van der Waals surface area contributed by atoms with Crippen LogP contribution in [0, 0.1) is 0 Å². The van der Waals surface area contributed by atoms with Crippen molar-refractivity contribution in [2.45, 2.75) is 32.1 Å². The summed E-state index contributed by atoms with van der Waals surface area (Å²) >= 11 is 0. The molecule has 1 heterocycles. The molecule has 0 radical (unpaired) electrons. The average Bonchev–Trinajstić information content (AvgIpc) is 2.79. The van der Waals surface area contributed by atoms with E-state index in [-0.39, 0.29) is 17.7 Å². The molecule has 1 aliphatic heterocycles. The molecular formula is C26H26N2O2. The van der Waals surface area contributed by atoms with Crippen molar-refractivity contribution in [3.05, 3.63) is 95.6 Å². The number of aryl methyl sites for hydroxylation is 1. The van der Waals surface area contributed by atoms with E-state index in [4.69, 9.17) is 0 Å². The number of carbonyl (C=O) groups excluding carboxylic acids is 2. The Balaban J connectivity index is 1.52. The van der Waals surface area contributed by atoms with Gasteiger partial charge in [-0.2, -0.15) is 0 Å². The number of fused-ring (bicyclic) bond motifs is 1. The van der Waals surface area contributed by atoms with Gasteiger partial charge >= 0.3 is 0 Å². The van der Waals surface area contributed by atoms with Gasteiger partial charge in [-0.3, -0.25) is 9.59 Å². The van der Waals surface area contributed by atoms with Crippen molar-refractivity contribution in [2.75, 3.05) is 16.8 Å². The lowest BCUT2D eigenvalue weighted by atomic mass is 9.88. The summed E-state index contributed by atoms with van der Waals surface area (Å²) in [4.78, 5) is 26.8. The second-order valence-corrected chi connectivity index (χ2v) is 7.61. The number of nitrogens with zero attached hydrogens (tertiary/aromatic N) is 1. The maximum Gasteiger partial charge on any atom is 0.227 e. The summed E-state index contributed by atoms with van der Waals surface area (Å²) in [6.45, 7) is 2.64. The van der Waals surface area contributed by atoms with Gasteiger partial charge in [0.15, 0.2) is 0 Å². The van der Waals surface area contributed by atoms with E-state index < -0.39 is 0 Å². The first kappa shape index (κ1) is 19.9. The monoisotopic (exact) mass is 398 g/mol. The number of nitrogens with one attached hydrogen (secondary N) is 1. The van der Waals surface area contributed by atoms with Gasteiger partial charge in [0.05, 0.1) is 0 Å². The lowest BCUT2D eigenvalue weighted by Gasteiger charge is -2.28. The minimum Gasteiger partial charge on any atom is -0.326 e. The molecule has 4 nitrogen and oxygen atoms in total. The van der Waals surface area contributed by atoms with Gasteiger partial charge in [-0.25, -0.2) is 0 Å². The van der Waals surface area contributed by atoms with Crippen LogP contribution < -0.4 is 10.2 Å². The Hall–Kier alpha value is -3.40. The molecule has 0 saturated heterocycles. The third-order valence-corrected chi connectivity index (χ3v) is 5.67. The van der Waals surface area contributed by atoms with Crippen molar-refractivity contribution in [3.8, 4) is 0 Å². The summed E-state index contributed by atoms with van der Waals surface area (Å²) in [6.07, 6.45) is 1.60. The summed E-state index contributed by atoms with van der Waals surface area (Å²) in [7, 11) is 0. The standard InChI is InChI=1S/C26H26N2O2/c1-2-28-24-15-14-22(17-21(24)13-16-26(28)30)27-25(29)18-23(19-9-5-3-6-10-19)20-11-7-4-8-12-20/h3-12,14-15,17,23H,2,13,16,18H2,1H3,(H,27,29). The quantitative estimate of drug-likeness (QED) is 0.624. The summed E-state index contributed by atoms with van der Waals surface area (Å²) < 4.78 is 0. The molecule has 3 aromatic carbocycles. The lowest BCUT2D eigenvalue weighted by molar-refractivity contribution is -0.119. The summed E-state index contributed by atoms with van der Waals surface area (Å²) in [5.41, 5.74) is 5.10. The smallest absolute Gasteiger partial charge is 0.227 e. The third kappa shape index (κ3) is 4.28. The molecular weight excluding hydrogens is 372 g/mol. The normalized spacial score (nSPS) is 13.3. The van der Waals surface area contributed by atoms with Crippen LogP contribution >= 0.6 is 0 Å². The molecule has 152 valence electrons. The Morgan fingerprint density at radius 2 is 1.57 bits per heavy atom. The van der Waals surface area contributed by atoms with E-state index in [1.165, 1.54) is 0 Å². The van der Waals surface area contributed by atoms with Crippen molar-refractivity contribution >= 4 is 23.2 Å². The summed E-state index contributed by atoms with van der Waals surface area (Å²) in [6, 6.07) is 26.1. The van der Waals surface area contributed by atoms with E-state index in [2.05, 4.69) is 29.6 Å². The highest BCUT2D eigenvalue weighted by atomic mass is 16.2. The molecule has 30 heavy (non-hydrogen) atoms. The topological polar surface area (TPSA) is 49.4 Å². The SMILES string of the molecule is CCN1C(=O)CCc2cc(NC(=O)CC(c3ccccc3)c3ccccc3)ccc21. The highest BCUT2D eigenvalue weighted by molar-refractivity contribution is 5.97. The molecule has 0 fully saturated rings. The van der Waals surface area contributed by atoms with Crippen LogP contribution in [-0.4, -0.2) is 18.4 Å². The predicted molar refractivity (Wildman–Crippen MR) is 121 cm³/mol. The molecule has 1 aliphatic rings. The maximum atomic E-state index is 12.9. The highest BCUT2D eigenvalue weighted by Crippen LogP contribution is 2.31. The molecule has 4 rings (SSSR count). The van der Waals surface area contributed by atoms with Crippen molar-refractivity contribution in [3.63, 3.8) is 0 Å². The number of rotatable bonds is 6. The molecule has 0 unspecified atom stereocenters. The number of benzene rings is 3. The van der Waals surface area contributed by atoms with Crippen molar-refractivity contribution in [2.24, 2.45) is 0 Å². The zero-order chi connectivity index (χ0) is 20.9. The van der Waals surface area contributed by atoms with E-state index in [9.17, 15) is 9.59 Å². The average molecular weight is 399 g/mol. The van der Waals surface area contributed by atoms with Crippen LogP contribution in [0.2, 0.25) is 0 Å². The molecule has 1 N–H and O–H groups in total. The first-order valence-corrected chi connectivity index (χ1v) is 10.5. The van der Waals surface area contributed by atoms with Gasteiger partial charge in [0.2, 0.25) is 11.8 Å². The molecule has 3 aromatic rings. The molecule has 0 saturated carbocycles. The van der Waals surface area contributed by atoms with Crippen LogP contribution in [0.5, 0.6) is 0 Å². The fraction of sp³-hybridized carbons (Fsp3) is 0.231. The van der Waals surface area contributed by atoms with Gasteiger partial charge in [0.1, 0.15) is 0 Å². The third-order valence-electron chi connectivity index (χ3n) is 5.67. The van der Waals surface area contributed by atoms with Crippen LogP contribution in [0.1, 0.15) is 42.4 Å². The van der Waals surface area contributed by atoms with Crippen LogP contribution in [0.4, 0.5) is 11.4 Å². The first-order chi connectivity index (χ1) is 14.7. The Bertz CT molecular complexity index is 992. The zero-order valence-corrected chi connectivity index (χ0v) is 17.2. The fourth-order valence-corrected chi connectivity index (χ4v) is 4.18. The molecule has 0 aromatic heterocycles. The Morgan fingerprint density at radius 1 is 0.933 bits per heavy atom. The van der Waals surface area contributed by atoms with E-state index in [0.29, 0.717) is 25.8 Å². The van der Waals surface area contributed by atoms with Crippen LogP contribution in [-0.2, 0) is 16.0 Å². The Kier molecular flexibility index (Phi) is 5.94. The number of hydrogen-bond donors (Lipinski definition) is 1. The van der Waals surface area contributed by atoms with E-state index in [0.717, 1.165) is 28.1 Å². The van der Waals surface area contributed by atoms with Gasteiger partial charge < -0.3 is 10.2 Å². The summed E-state index contributed by atoms with van der Waals surface area (Å²) in [5, 5.41) is 3.06. The van der Waals surface area contributed by atoms with Gasteiger partial charge in [-0.15, -0.1) is 0 Å². The largest absolute Gasteiger partial charge is 0.326 e. The van der Waals surface area contributed by atoms with Gasteiger partial charge in [0, 0.05) is 36.7 Å². The molecule has 2 amide bonds. The Labute approximate surface area is 177 Å². The van der Waals surface area contributed by atoms with Gasteiger partial charge in [0.25, 0.3) is 0 Å². The second kappa shape index (κ2) is 8.95. The number of hydrogen-bond acceptors (Lipinski definition) is 2. The fourth-order valence-electron chi connectivity index (χ4n) is 4.18. The maximum absolute atomic E-state index is 12.9. The lowest BCUT2D eigenvalue weighted by Crippen LogP contribution is -2.34. The zero-order valence-electron chi connectivity index (χ0n) is 17.2. The van der Waals surface area contributed by atoms with Crippen LogP contribution in [0.25, 0.3) is 0 Å². The van der Waals surface area contributed by atoms with E-state index >= 15 is 0 Å². The molecule has 0 spiro atoms. The van der Waals surface area contributed by atoms with Crippen molar-refractivity contribution in [1.82, 2.24) is 0 Å². The minimum atomic E-state index is -0.0214. The molecule has 0 bridgehead atoms. The second-order valence-electron chi connectivity index (χ2n) is 7.61. The number of carbonyl (C=O) groups is 2. The molecule has 0 aliphatic carbocycles. The molecule has 4 heteroatoms. The van der Waals surface area contributed by atoms with Crippen molar-refractivity contribution < 1.29 is 9.59 Å². The van der Waals surface area contributed by atoms with E-state index in [1.807, 2.05) is 66.4 Å². The minimum absolute atomic E-state index is 0.00164. The van der Waals surface area contributed by atoms with Crippen LogP contribution in [0.3, 0.4) is 0 Å². The first-order valence-electron chi connectivity index (χ1n) is 10.5. The molecule has 0 atom stereocenters. The summed E-state index contributed by atoms with van der Waals surface area (Å²) in [5.74, 6) is 0.139. The number of anilines is 2. The van der Waals surface area contributed by atoms with Crippen molar-refractivity contribution in [1.29, 1.82) is 0 Å².